The van der Waals surface area contributed by atoms with Crippen LogP contribution in [0.4, 0.5) is 4.79 Å². The van der Waals surface area contributed by atoms with Gasteiger partial charge in [0.25, 0.3) is 0 Å². The van der Waals surface area contributed by atoms with Crippen LogP contribution in [0.1, 0.15) is 44.7 Å². The fraction of sp³-hybridized carbons (Fsp3) is 0.522. The standard InChI is InChI=1S/C23H33N3O4/c1-17-5-7-18(8-6-17)9-10-21(28)26-13-11-19(12-14-26)15-24-20(27)16-25-22(29)30-23(2,3)4/h5-10,19H,11-16H2,1-4H3,(H,24,27)(H,25,29)/b10-9+. The van der Waals surface area contributed by atoms with Crippen molar-refractivity contribution in [3.8, 4) is 0 Å². The van der Waals surface area contributed by atoms with Crippen LogP contribution >= 0.6 is 0 Å². The summed E-state index contributed by atoms with van der Waals surface area (Å²) in [7, 11) is 0. The molecule has 7 heteroatoms. The minimum Gasteiger partial charge on any atom is -0.444 e. The maximum absolute atomic E-state index is 12.4. The average molecular weight is 416 g/mol. The third-order valence-electron chi connectivity index (χ3n) is 4.80. The molecule has 1 heterocycles. The van der Waals surface area contributed by atoms with Crippen LogP contribution in [-0.4, -0.2) is 54.6 Å². The number of alkyl carbamates (subject to hydrolysis) is 1. The molecule has 0 aliphatic carbocycles. The first-order valence-electron chi connectivity index (χ1n) is 10.4. The number of aryl methyl sites for hydroxylation is 1. The number of piperidine rings is 1. The first kappa shape index (κ1) is 23.4. The van der Waals surface area contributed by atoms with E-state index in [1.165, 1.54) is 5.56 Å². The lowest BCUT2D eigenvalue weighted by atomic mass is 9.96. The van der Waals surface area contributed by atoms with E-state index in [0.717, 1.165) is 18.4 Å². The predicted molar refractivity (Wildman–Crippen MR) is 117 cm³/mol. The summed E-state index contributed by atoms with van der Waals surface area (Å²) < 4.78 is 5.10. The summed E-state index contributed by atoms with van der Waals surface area (Å²) in [6.45, 7) is 9.10. The van der Waals surface area contributed by atoms with Gasteiger partial charge in [0.1, 0.15) is 5.60 Å². The molecule has 1 saturated heterocycles. The highest BCUT2D eigenvalue weighted by atomic mass is 16.6. The second kappa shape index (κ2) is 10.8. The number of benzene rings is 1. The van der Waals surface area contributed by atoms with E-state index in [2.05, 4.69) is 10.6 Å². The van der Waals surface area contributed by atoms with E-state index in [1.54, 1.807) is 26.8 Å². The summed E-state index contributed by atoms with van der Waals surface area (Å²) in [5.74, 6) is 0.0839. The van der Waals surface area contributed by atoms with Crippen molar-refractivity contribution in [1.29, 1.82) is 0 Å². The van der Waals surface area contributed by atoms with E-state index in [-0.39, 0.29) is 18.4 Å². The normalized spacial score (nSPS) is 15.1. The van der Waals surface area contributed by atoms with Crippen molar-refractivity contribution < 1.29 is 19.1 Å². The lowest BCUT2D eigenvalue weighted by Crippen LogP contribution is -2.43. The van der Waals surface area contributed by atoms with Gasteiger partial charge >= 0.3 is 6.09 Å². The minimum absolute atomic E-state index is 0.0135. The van der Waals surface area contributed by atoms with Crippen LogP contribution in [0.2, 0.25) is 0 Å². The first-order valence-corrected chi connectivity index (χ1v) is 10.4. The SMILES string of the molecule is Cc1ccc(/C=C/C(=O)N2CCC(CNC(=O)CNC(=O)OC(C)(C)C)CC2)cc1. The molecule has 1 aliphatic rings. The number of nitrogens with zero attached hydrogens (tertiary/aromatic N) is 1. The molecule has 30 heavy (non-hydrogen) atoms. The number of nitrogens with one attached hydrogen (secondary N) is 2. The van der Waals surface area contributed by atoms with Crippen LogP contribution in [-0.2, 0) is 14.3 Å². The maximum atomic E-state index is 12.4. The molecule has 1 aliphatic heterocycles. The van der Waals surface area contributed by atoms with Crippen molar-refractivity contribution in [3.05, 3.63) is 41.5 Å². The van der Waals surface area contributed by atoms with E-state index < -0.39 is 11.7 Å². The Labute approximate surface area is 178 Å². The highest BCUT2D eigenvalue weighted by Crippen LogP contribution is 2.17. The van der Waals surface area contributed by atoms with Gasteiger partial charge in [-0.25, -0.2) is 4.79 Å². The second-order valence-corrected chi connectivity index (χ2v) is 8.67. The Morgan fingerprint density at radius 1 is 1.10 bits per heavy atom. The third kappa shape index (κ3) is 8.68. The summed E-state index contributed by atoms with van der Waals surface area (Å²) in [4.78, 5) is 37.7. The van der Waals surface area contributed by atoms with E-state index in [9.17, 15) is 14.4 Å². The third-order valence-corrected chi connectivity index (χ3v) is 4.80. The van der Waals surface area contributed by atoms with Crippen LogP contribution < -0.4 is 10.6 Å². The molecular weight excluding hydrogens is 382 g/mol. The van der Waals surface area contributed by atoms with E-state index in [1.807, 2.05) is 42.2 Å². The summed E-state index contributed by atoms with van der Waals surface area (Å²) in [5, 5.41) is 5.28. The highest BCUT2D eigenvalue weighted by molar-refractivity contribution is 5.91. The smallest absolute Gasteiger partial charge is 0.408 e. The number of rotatable bonds is 6. The molecule has 0 unspecified atom stereocenters. The molecule has 2 rings (SSSR count). The summed E-state index contributed by atoms with van der Waals surface area (Å²) >= 11 is 0. The molecule has 0 aromatic heterocycles. The van der Waals surface area contributed by atoms with Crippen LogP contribution in [0.3, 0.4) is 0 Å². The monoisotopic (exact) mass is 415 g/mol. The topological polar surface area (TPSA) is 87.7 Å². The van der Waals surface area contributed by atoms with E-state index in [0.29, 0.717) is 25.6 Å². The minimum atomic E-state index is -0.608. The Morgan fingerprint density at radius 2 is 1.73 bits per heavy atom. The second-order valence-electron chi connectivity index (χ2n) is 8.67. The van der Waals surface area contributed by atoms with Gasteiger partial charge in [-0.15, -0.1) is 0 Å². The largest absolute Gasteiger partial charge is 0.444 e. The van der Waals surface area contributed by atoms with Crippen molar-refractivity contribution in [2.45, 2.75) is 46.1 Å². The number of ether oxygens (including phenoxy) is 1. The van der Waals surface area contributed by atoms with Gasteiger partial charge in [-0.2, -0.15) is 0 Å². The van der Waals surface area contributed by atoms with E-state index in [4.69, 9.17) is 4.74 Å². The number of hydrogen-bond acceptors (Lipinski definition) is 4. The molecule has 1 aromatic carbocycles. The number of carbonyl (C=O) groups is 3. The predicted octanol–water partition coefficient (Wildman–Crippen LogP) is 2.89. The zero-order valence-electron chi connectivity index (χ0n) is 18.4. The highest BCUT2D eigenvalue weighted by Gasteiger charge is 2.22. The van der Waals surface area contributed by atoms with Crippen molar-refractivity contribution >= 4 is 24.0 Å². The summed E-state index contributed by atoms with van der Waals surface area (Å²) in [6.07, 6.45) is 4.53. The van der Waals surface area contributed by atoms with Crippen molar-refractivity contribution in [1.82, 2.24) is 15.5 Å². The zero-order chi connectivity index (χ0) is 22.1. The fourth-order valence-electron chi connectivity index (χ4n) is 3.10. The van der Waals surface area contributed by atoms with Crippen molar-refractivity contribution in [2.75, 3.05) is 26.2 Å². The number of likely N-dealkylation sites (tertiary alicyclic amines) is 1. The molecular formula is C23H33N3O4. The molecule has 7 nitrogen and oxygen atoms in total. The van der Waals surface area contributed by atoms with Crippen molar-refractivity contribution in [3.63, 3.8) is 0 Å². The Balaban J connectivity index is 1.65. The fourth-order valence-corrected chi connectivity index (χ4v) is 3.10. The van der Waals surface area contributed by atoms with Crippen molar-refractivity contribution in [2.24, 2.45) is 5.92 Å². The lowest BCUT2D eigenvalue weighted by Gasteiger charge is -2.31. The van der Waals surface area contributed by atoms with Gasteiger partial charge in [-0.05, 0) is 58.1 Å². The van der Waals surface area contributed by atoms with Crippen LogP contribution in [0.5, 0.6) is 0 Å². The molecule has 3 amide bonds. The Morgan fingerprint density at radius 3 is 2.33 bits per heavy atom. The maximum Gasteiger partial charge on any atom is 0.408 e. The Kier molecular flexibility index (Phi) is 8.45. The number of amides is 3. The van der Waals surface area contributed by atoms with Gasteiger partial charge in [0, 0.05) is 25.7 Å². The summed E-state index contributed by atoms with van der Waals surface area (Å²) in [6, 6.07) is 8.03. The molecule has 0 saturated carbocycles. The van der Waals surface area contributed by atoms with Crippen LogP contribution in [0.15, 0.2) is 30.3 Å². The molecule has 0 spiro atoms. The zero-order valence-corrected chi connectivity index (χ0v) is 18.4. The van der Waals surface area contributed by atoms with Gasteiger partial charge in [-0.1, -0.05) is 29.8 Å². The molecule has 0 radical (unpaired) electrons. The van der Waals surface area contributed by atoms with Gasteiger partial charge in [0.15, 0.2) is 0 Å². The van der Waals surface area contributed by atoms with Gasteiger partial charge in [0.05, 0.1) is 6.54 Å². The molecule has 1 aromatic rings. The lowest BCUT2D eigenvalue weighted by molar-refractivity contribution is -0.127. The summed E-state index contributed by atoms with van der Waals surface area (Å²) in [5.41, 5.74) is 1.60. The molecule has 2 N–H and O–H groups in total. The quantitative estimate of drug-likeness (QED) is 0.700. The molecule has 164 valence electrons. The van der Waals surface area contributed by atoms with Gasteiger partial charge in [-0.3, -0.25) is 9.59 Å². The first-order chi connectivity index (χ1) is 14.1. The van der Waals surface area contributed by atoms with Gasteiger partial charge < -0.3 is 20.3 Å². The average Bonchev–Trinajstić information content (AvgIpc) is 2.69. The van der Waals surface area contributed by atoms with E-state index >= 15 is 0 Å². The Bertz CT molecular complexity index is 758. The van der Waals surface area contributed by atoms with Gasteiger partial charge in [0.2, 0.25) is 11.8 Å². The Hall–Kier alpha value is -2.83. The van der Waals surface area contributed by atoms with Crippen LogP contribution in [0, 0.1) is 12.8 Å². The molecule has 1 fully saturated rings. The van der Waals surface area contributed by atoms with Crippen LogP contribution in [0.25, 0.3) is 6.08 Å². The molecule has 0 atom stereocenters. The number of hydrogen-bond donors (Lipinski definition) is 2. The number of carbonyl (C=O) groups excluding carboxylic acids is 3. The molecule has 0 bridgehead atoms.